The van der Waals surface area contributed by atoms with Gasteiger partial charge in [-0.15, -0.1) is 0 Å². The number of nitrogens with one attached hydrogen (secondary N) is 1. The highest BCUT2D eigenvalue weighted by Gasteiger charge is 2.54. The third-order valence-corrected chi connectivity index (χ3v) is 6.22. The molecule has 1 aromatic carbocycles. The molecule has 1 N–H and O–H groups in total. The Balaban J connectivity index is 1.52. The van der Waals surface area contributed by atoms with Crippen LogP contribution in [-0.4, -0.2) is 11.9 Å². The fraction of sp³-hybridized carbons (Fsp3) is 0.611. The van der Waals surface area contributed by atoms with Gasteiger partial charge in [-0.1, -0.05) is 18.6 Å². The second kappa shape index (κ2) is 5.25. The fourth-order valence-corrected chi connectivity index (χ4v) is 5.41. The van der Waals surface area contributed by atoms with Crippen molar-refractivity contribution in [2.24, 2.45) is 23.7 Å². The first-order valence-corrected chi connectivity index (χ1v) is 8.42. The normalized spacial score (nSPS) is 35.3. The maximum atomic E-state index is 13.1. The fourth-order valence-electron chi connectivity index (χ4n) is 5.41. The Morgan fingerprint density at radius 2 is 1.78 bits per heavy atom. The molecule has 23 heavy (non-hydrogen) atoms. The van der Waals surface area contributed by atoms with Crippen LogP contribution in [0.4, 0.5) is 13.2 Å². The second-order valence-electron chi connectivity index (χ2n) is 7.28. The van der Waals surface area contributed by atoms with E-state index in [1.807, 2.05) is 0 Å². The molecule has 5 atom stereocenters. The summed E-state index contributed by atoms with van der Waals surface area (Å²) in [5.74, 6) is 2.03. The summed E-state index contributed by atoms with van der Waals surface area (Å²) in [6.45, 7) is 0. The molecule has 0 heterocycles. The van der Waals surface area contributed by atoms with Gasteiger partial charge in [0.15, 0.2) is 0 Å². The van der Waals surface area contributed by atoms with E-state index in [1.54, 1.807) is 0 Å². The van der Waals surface area contributed by atoms with Crippen LogP contribution < -0.4 is 5.32 Å². The van der Waals surface area contributed by atoms with E-state index in [4.69, 9.17) is 0 Å². The lowest BCUT2D eigenvalue weighted by Crippen LogP contribution is -2.43. The lowest BCUT2D eigenvalue weighted by Gasteiger charge is -2.32. The van der Waals surface area contributed by atoms with E-state index in [1.165, 1.54) is 37.5 Å². The first-order valence-electron chi connectivity index (χ1n) is 8.42. The van der Waals surface area contributed by atoms with Gasteiger partial charge in [0.2, 0.25) is 0 Å². The Hall–Kier alpha value is -1.52. The molecule has 0 saturated heterocycles. The summed E-state index contributed by atoms with van der Waals surface area (Å²) >= 11 is 0. The van der Waals surface area contributed by atoms with Crippen molar-refractivity contribution in [3.05, 3.63) is 35.4 Å². The van der Waals surface area contributed by atoms with Crippen molar-refractivity contribution < 1.29 is 18.0 Å². The molecule has 0 spiro atoms. The van der Waals surface area contributed by atoms with E-state index in [-0.39, 0.29) is 11.6 Å². The number of carbonyl (C=O) groups excluding carboxylic acids is 1. The molecule has 124 valence electrons. The minimum Gasteiger partial charge on any atom is -0.349 e. The van der Waals surface area contributed by atoms with Gasteiger partial charge in [-0.2, -0.15) is 13.2 Å². The molecule has 3 fully saturated rings. The second-order valence-corrected chi connectivity index (χ2v) is 7.28. The third-order valence-electron chi connectivity index (χ3n) is 6.22. The van der Waals surface area contributed by atoms with Crippen LogP contribution in [0.3, 0.4) is 0 Å². The van der Waals surface area contributed by atoms with Crippen molar-refractivity contribution in [1.82, 2.24) is 5.32 Å². The number of fused-ring (bicyclic) bond motifs is 5. The number of benzene rings is 1. The molecule has 4 rings (SSSR count). The van der Waals surface area contributed by atoms with Crippen LogP contribution in [-0.2, 0) is 6.18 Å². The highest BCUT2D eigenvalue weighted by atomic mass is 19.4. The molecule has 1 aromatic rings. The molecule has 5 heteroatoms. The average Bonchev–Trinajstić information content (AvgIpc) is 3.18. The number of amides is 1. The molecule has 1 amide bonds. The van der Waals surface area contributed by atoms with E-state index >= 15 is 0 Å². The van der Waals surface area contributed by atoms with E-state index in [9.17, 15) is 18.0 Å². The lowest BCUT2D eigenvalue weighted by molar-refractivity contribution is -0.137. The molecular formula is C18H20F3NO. The number of carbonyl (C=O) groups is 1. The van der Waals surface area contributed by atoms with Gasteiger partial charge in [0.05, 0.1) is 11.1 Å². The zero-order valence-electron chi connectivity index (χ0n) is 12.8. The Labute approximate surface area is 133 Å². The standard InChI is InChI=1S/C18H20F3NO/c19-18(20,21)15-7-2-1-4-13(15)17(23)22-16-9-10-8-14(16)12-6-3-5-11(10)12/h1-2,4,7,10-12,14,16H,3,5-6,8-9H2,(H,22,23)/t10-,11-,12+,14+,16-/m0/s1. The number of alkyl halides is 3. The largest absolute Gasteiger partial charge is 0.417 e. The van der Waals surface area contributed by atoms with Gasteiger partial charge < -0.3 is 5.32 Å². The third kappa shape index (κ3) is 2.45. The van der Waals surface area contributed by atoms with Crippen molar-refractivity contribution in [2.45, 2.75) is 44.3 Å². The summed E-state index contributed by atoms with van der Waals surface area (Å²) in [4.78, 5) is 12.4. The number of halogens is 3. The summed E-state index contributed by atoms with van der Waals surface area (Å²) in [5.41, 5.74) is -1.11. The predicted octanol–water partition coefficient (Wildman–Crippen LogP) is 4.26. The molecular weight excluding hydrogens is 303 g/mol. The van der Waals surface area contributed by atoms with Crippen LogP contribution in [0.1, 0.15) is 48.0 Å². The summed E-state index contributed by atoms with van der Waals surface area (Å²) in [6.07, 6.45) is 1.35. The zero-order valence-corrected chi connectivity index (χ0v) is 12.8. The maximum absolute atomic E-state index is 13.1. The van der Waals surface area contributed by atoms with Crippen molar-refractivity contribution in [3.63, 3.8) is 0 Å². The number of rotatable bonds is 2. The van der Waals surface area contributed by atoms with Gasteiger partial charge in [-0.3, -0.25) is 4.79 Å². The zero-order chi connectivity index (χ0) is 16.2. The van der Waals surface area contributed by atoms with Crippen LogP contribution in [0.15, 0.2) is 24.3 Å². The summed E-state index contributed by atoms with van der Waals surface area (Å²) in [7, 11) is 0. The lowest BCUT2D eigenvalue weighted by atomic mass is 9.79. The van der Waals surface area contributed by atoms with Crippen LogP contribution in [0, 0.1) is 23.7 Å². The van der Waals surface area contributed by atoms with Crippen LogP contribution in [0.2, 0.25) is 0 Å². The summed E-state index contributed by atoms with van der Waals surface area (Å²) < 4.78 is 39.2. The molecule has 3 saturated carbocycles. The molecule has 2 nitrogen and oxygen atoms in total. The highest BCUT2D eigenvalue weighted by Crippen LogP contribution is 2.58. The molecule has 3 aliphatic rings. The summed E-state index contributed by atoms with van der Waals surface area (Å²) in [6, 6.07) is 5.10. The monoisotopic (exact) mass is 323 g/mol. The molecule has 0 unspecified atom stereocenters. The molecule has 0 aromatic heterocycles. The Morgan fingerprint density at radius 3 is 2.57 bits per heavy atom. The summed E-state index contributed by atoms with van der Waals surface area (Å²) in [5, 5.41) is 2.91. The van der Waals surface area contributed by atoms with E-state index in [2.05, 4.69) is 5.32 Å². The van der Waals surface area contributed by atoms with Gasteiger partial charge in [0.25, 0.3) is 5.91 Å². The number of hydrogen-bond acceptors (Lipinski definition) is 1. The SMILES string of the molecule is O=C(N[C@H]1C[C@@H]2C[C@@H]1[C@@H]1CCC[C@@H]21)c1ccccc1C(F)(F)F. The van der Waals surface area contributed by atoms with Crippen molar-refractivity contribution in [1.29, 1.82) is 0 Å². The Kier molecular flexibility index (Phi) is 3.43. The first kappa shape index (κ1) is 15.0. The van der Waals surface area contributed by atoms with Gasteiger partial charge in [0.1, 0.15) is 0 Å². The van der Waals surface area contributed by atoms with E-state index < -0.39 is 17.6 Å². The first-order chi connectivity index (χ1) is 10.9. The van der Waals surface area contributed by atoms with Crippen molar-refractivity contribution in [2.75, 3.05) is 0 Å². The van der Waals surface area contributed by atoms with Gasteiger partial charge in [-0.05, 0) is 61.5 Å². The molecule has 2 bridgehead atoms. The maximum Gasteiger partial charge on any atom is 0.417 e. The van der Waals surface area contributed by atoms with Crippen molar-refractivity contribution >= 4 is 5.91 Å². The Morgan fingerprint density at radius 1 is 1.04 bits per heavy atom. The molecule has 0 aliphatic heterocycles. The smallest absolute Gasteiger partial charge is 0.349 e. The van der Waals surface area contributed by atoms with E-state index in [0.717, 1.165) is 24.8 Å². The predicted molar refractivity (Wildman–Crippen MR) is 79.7 cm³/mol. The minimum absolute atomic E-state index is 0.0492. The van der Waals surface area contributed by atoms with Crippen LogP contribution in [0.5, 0.6) is 0 Å². The van der Waals surface area contributed by atoms with E-state index in [0.29, 0.717) is 17.8 Å². The van der Waals surface area contributed by atoms with Gasteiger partial charge >= 0.3 is 6.18 Å². The molecule has 0 radical (unpaired) electrons. The van der Waals surface area contributed by atoms with Gasteiger partial charge in [-0.25, -0.2) is 0 Å². The van der Waals surface area contributed by atoms with Gasteiger partial charge in [0, 0.05) is 6.04 Å². The quantitative estimate of drug-likeness (QED) is 0.866. The Bertz CT molecular complexity index is 627. The molecule has 3 aliphatic carbocycles. The minimum atomic E-state index is -4.50. The topological polar surface area (TPSA) is 29.1 Å². The van der Waals surface area contributed by atoms with Crippen LogP contribution in [0.25, 0.3) is 0 Å². The highest BCUT2D eigenvalue weighted by molar-refractivity contribution is 5.96. The number of hydrogen-bond donors (Lipinski definition) is 1. The van der Waals surface area contributed by atoms with Crippen LogP contribution >= 0.6 is 0 Å². The average molecular weight is 323 g/mol. The van der Waals surface area contributed by atoms with Crippen molar-refractivity contribution in [3.8, 4) is 0 Å².